The number of hydrogen-bond donors (Lipinski definition) is 1. The molecular formula is C14H17F2N3. The average molecular weight is 265 g/mol. The van der Waals surface area contributed by atoms with Crippen molar-refractivity contribution in [2.75, 3.05) is 5.32 Å². The van der Waals surface area contributed by atoms with Gasteiger partial charge < -0.3 is 5.32 Å². The summed E-state index contributed by atoms with van der Waals surface area (Å²) in [5, 5.41) is 7.10. The second-order valence-electron chi connectivity index (χ2n) is 4.51. The molecule has 0 aliphatic heterocycles. The molecule has 0 atom stereocenters. The van der Waals surface area contributed by atoms with E-state index in [1.54, 1.807) is 11.6 Å². The number of aromatic nitrogens is 2. The van der Waals surface area contributed by atoms with E-state index in [9.17, 15) is 8.78 Å². The van der Waals surface area contributed by atoms with Gasteiger partial charge in [0.25, 0.3) is 0 Å². The predicted octanol–water partition coefficient (Wildman–Crippen LogP) is 3.18. The lowest BCUT2D eigenvalue weighted by Gasteiger charge is -2.10. The van der Waals surface area contributed by atoms with Crippen molar-refractivity contribution in [3.63, 3.8) is 0 Å². The monoisotopic (exact) mass is 265 g/mol. The minimum Gasteiger partial charge on any atom is -0.375 e. The van der Waals surface area contributed by atoms with E-state index in [1.165, 1.54) is 12.1 Å². The van der Waals surface area contributed by atoms with Crippen molar-refractivity contribution in [3.05, 3.63) is 46.8 Å². The highest BCUT2D eigenvalue weighted by atomic mass is 19.1. The zero-order chi connectivity index (χ0) is 14.0. The number of rotatable bonds is 4. The van der Waals surface area contributed by atoms with Crippen LogP contribution in [0.2, 0.25) is 0 Å². The number of benzene rings is 1. The maximum atomic E-state index is 13.8. The van der Waals surface area contributed by atoms with Crippen LogP contribution in [0.15, 0.2) is 18.2 Å². The van der Waals surface area contributed by atoms with Crippen LogP contribution in [0.5, 0.6) is 0 Å². The number of anilines is 1. The highest BCUT2D eigenvalue weighted by Crippen LogP contribution is 2.22. The van der Waals surface area contributed by atoms with Crippen molar-refractivity contribution in [1.29, 1.82) is 0 Å². The van der Waals surface area contributed by atoms with Crippen molar-refractivity contribution in [2.24, 2.45) is 7.05 Å². The third-order valence-corrected chi connectivity index (χ3v) is 3.12. The van der Waals surface area contributed by atoms with Gasteiger partial charge in [-0.05, 0) is 31.0 Å². The summed E-state index contributed by atoms with van der Waals surface area (Å²) in [5.74, 6) is -1.13. The average Bonchev–Trinajstić information content (AvgIpc) is 2.75. The molecule has 2 rings (SSSR count). The Morgan fingerprint density at radius 3 is 2.68 bits per heavy atom. The maximum Gasteiger partial charge on any atom is 0.152 e. The number of halogens is 2. The normalized spacial score (nSPS) is 10.8. The van der Waals surface area contributed by atoms with E-state index in [0.717, 1.165) is 17.8 Å². The van der Waals surface area contributed by atoms with Gasteiger partial charge in [-0.2, -0.15) is 5.10 Å². The second kappa shape index (κ2) is 5.38. The van der Waals surface area contributed by atoms with Crippen molar-refractivity contribution in [3.8, 4) is 0 Å². The molecule has 0 radical (unpaired) electrons. The summed E-state index contributed by atoms with van der Waals surface area (Å²) < 4.78 is 29.1. The van der Waals surface area contributed by atoms with Crippen LogP contribution in [0.25, 0.3) is 0 Å². The molecule has 102 valence electrons. The molecule has 0 aliphatic rings. The predicted molar refractivity (Wildman–Crippen MR) is 71.0 cm³/mol. The summed E-state index contributed by atoms with van der Waals surface area (Å²) in [6.45, 7) is 3.96. The Balaban J connectivity index is 2.18. The molecule has 0 saturated carbocycles. The summed E-state index contributed by atoms with van der Waals surface area (Å²) in [7, 11) is 1.82. The van der Waals surface area contributed by atoms with Gasteiger partial charge in [-0.25, -0.2) is 8.78 Å². The zero-order valence-electron chi connectivity index (χ0n) is 11.3. The van der Waals surface area contributed by atoms with Gasteiger partial charge in [0, 0.05) is 7.05 Å². The van der Waals surface area contributed by atoms with Gasteiger partial charge in [-0.15, -0.1) is 0 Å². The van der Waals surface area contributed by atoms with Crippen molar-refractivity contribution < 1.29 is 8.78 Å². The third kappa shape index (κ3) is 2.75. The Bertz CT molecular complexity index is 591. The number of nitrogens with zero attached hydrogens (tertiary/aromatic N) is 2. The van der Waals surface area contributed by atoms with Crippen LogP contribution >= 0.6 is 0 Å². The van der Waals surface area contributed by atoms with Gasteiger partial charge in [0.1, 0.15) is 11.5 Å². The lowest BCUT2D eigenvalue weighted by molar-refractivity contribution is 0.581. The minimum atomic E-state index is -0.582. The van der Waals surface area contributed by atoms with E-state index >= 15 is 0 Å². The largest absolute Gasteiger partial charge is 0.375 e. The standard InChI is InChI=1S/C14H17F2N3/c1-4-10-7-11(19(3)18-10)8-17-14-12(15)6-5-9(2)13(14)16/h5-7,17H,4,8H2,1-3H3. The Kier molecular flexibility index (Phi) is 3.83. The van der Waals surface area contributed by atoms with Gasteiger partial charge in [0.05, 0.1) is 17.9 Å². The van der Waals surface area contributed by atoms with Crippen LogP contribution < -0.4 is 5.32 Å². The van der Waals surface area contributed by atoms with E-state index in [-0.39, 0.29) is 5.69 Å². The van der Waals surface area contributed by atoms with E-state index < -0.39 is 11.6 Å². The van der Waals surface area contributed by atoms with Crippen LogP contribution in [-0.4, -0.2) is 9.78 Å². The summed E-state index contributed by atoms with van der Waals surface area (Å²) in [5.41, 5.74) is 2.18. The molecule has 0 fully saturated rings. The van der Waals surface area contributed by atoms with Gasteiger partial charge in [-0.1, -0.05) is 13.0 Å². The second-order valence-corrected chi connectivity index (χ2v) is 4.51. The van der Waals surface area contributed by atoms with Crippen LogP contribution in [0.1, 0.15) is 23.9 Å². The highest BCUT2D eigenvalue weighted by Gasteiger charge is 2.12. The van der Waals surface area contributed by atoms with Crippen molar-refractivity contribution >= 4 is 5.69 Å². The van der Waals surface area contributed by atoms with Crippen LogP contribution in [0.3, 0.4) is 0 Å². The molecule has 0 bridgehead atoms. The van der Waals surface area contributed by atoms with Gasteiger partial charge >= 0.3 is 0 Å². The topological polar surface area (TPSA) is 29.9 Å². The molecule has 1 aromatic heterocycles. The van der Waals surface area contributed by atoms with E-state index in [2.05, 4.69) is 10.4 Å². The first-order valence-electron chi connectivity index (χ1n) is 6.23. The fourth-order valence-corrected chi connectivity index (χ4v) is 1.91. The molecule has 0 amide bonds. The molecule has 1 N–H and O–H groups in total. The summed E-state index contributed by atoms with van der Waals surface area (Å²) in [6, 6.07) is 4.62. The summed E-state index contributed by atoms with van der Waals surface area (Å²) >= 11 is 0. The lowest BCUT2D eigenvalue weighted by atomic mass is 10.2. The fourth-order valence-electron chi connectivity index (χ4n) is 1.91. The lowest BCUT2D eigenvalue weighted by Crippen LogP contribution is -2.08. The Morgan fingerprint density at radius 1 is 1.32 bits per heavy atom. The SMILES string of the molecule is CCc1cc(CNc2c(F)ccc(C)c2F)n(C)n1. The molecule has 3 nitrogen and oxygen atoms in total. The molecule has 0 spiro atoms. The first kappa shape index (κ1) is 13.5. The number of hydrogen-bond acceptors (Lipinski definition) is 2. The first-order valence-corrected chi connectivity index (χ1v) is 6.23. The molecular weight excluding hydrogens is 248 g/mol. The van der Waals surface area contributed by atoms with Crippen LogP contribution in [0.4, 0.5) is 14.5 Å². The van der Waals surface area contributed by atoms with E-state index in [0.29, 0.717) is 12.1 Å². The molecule has 0 saturated heterocycles. The smallest absolute Gasteiger partial charge is 0.152 e. The van der Waals surface area contributed by atoms with Crippen molar-refractivity contribution in [1.82, 2.24) is 9.78 Å². The molecule has 1 heterocycles. The van der Waals surface area contributed by atoms with Gasteiger partial charge in [0.15, 0.2) is 5.82 Å². The minimum absolute atomic E-state index is 0.0840. The molecule has 5 heteroatoms. The zero-order valence-corrected chi connectivity index (χ0v) is 11.3. The van der Waals surface area contributed by atoms with E-state index in [4.69, 9.17) is 0 Å². The Hall–Kier alpha value is -1.91. The molecule has 19 heavy (non-hydrogen) atoms. The molecule has 0 aliphatic carbocycles. The van der Waals surface area contributed by atoms with Gasteiger partial charge in [0.2, 0.25) is 0 Å². The Labute approximate surface area is 111 Å². The number of aryl methyl sites for hydroxylation is 3. The first-order chi connectivity index (χ1) is 9.02. The number of nitrogens with one attached hydrogen (secondary N) is 1. The maximum absolute atomic E-state index is 13.8. The summed E-state index contributed by atoms with van der Waals surface area (Å²) in [4.78, 5) is 0. The Morgan fingerprint density at radius 2 is 2.05 bits per heavy atom. The van der Waals surface area contributed by atoms with Crippen LogP contribution in [0, 0.1) is 18.6 Å². The fraction of sp³-hybridized carbons (Fsp3) is 0.357. The van der Waals surface area contributed by atoms with E-state index in [1.807, 2.05) is 20.0 Å². The van der Waals surface area contributed by atoms with Crippen molar-refractivity contribution in [2.45, 2.75) is 26.8 Å². The third-order valence-electron chi connectivity index (χ3n) is 3.12. The highest BCUT2D eigenvalue weighted by molar-refractivity contribution is 5.49. The van der Waals surface area contributed by atoms with Gasteiger partial charge in [-0.3, -0.25) is 4.68 Å². The molecule has 1 aromatic carbocycles. The summed E-state index contributed by atoms with van der Waals surface area (Å²) in [6.07, 6.45) is 0.834. The van der Waals surface area contributed by atoms with Crippen LogP contribution in [-0.2, 0) is 20.0 Å². The molecule has 0 unspecified atom stereocenters. The quantitative estimate of drug-likeness (QED) is 0.920. The molecule has 2 aromatic rings.